The predicted molar refractivity (Wildman–Crippen MR) is 69.2 cm³/mol. The van der Waals surface area contributed by atoms with Gasteiger partial charge in [0.1, 0.15) is 0 Å². The van der Waals surface area contributed by atoms with Crippen LogP contribution in [0.5, 0.6) is 0 Å². The van der Waals surface area contributed by atoms with E-state index in [0.717, 1.165) is 0 Å². The van der Waals surface area contributed by atoms with E-state index >= 15 is 0 Å². The zero-order valence-corrected chi connectivity index (χ0v) is 25.5. The van der Waals surface area contributed by atoms with Gasteiger partial charge in [0.15, 0.2) is 0 Å². The van der Waals surface area contributed by atoms with E-state index in [1.807, 2.05) is 0 Å². The van der Waals surface area contributed by atoms with Crippen molar-refractivity contribution >= 4 is 47.5 Å². The minimum atomic E-state index is -4.67. The van der Waals surface area contributed by atoms with Gasteiger partial charge in [0.2, 0.25) is 0 Å². The van der Waals surface area contributed by atoms with Crippen LogP contribution in [0, 0.1) is 0 Å². The minimum absolute atomic E-state index is 0. The summed E-state index contributed by atoms with van der Waals surface area (Å²) in [6.07, 6.45) is 0. The topological polar surface area (TPSA) is 406 Å². The molecule has 20 nitrogen and oxygen atoms in total. The van der Waals surface area contributed by atoms with Gasteiger partial charge in [0.25, 0.3) is 0 Å². The molecule has 0 aliphatic carbocycles. The van der Waals surface area contributed by atoms with Gasteiger partial charge in [-0.1, -0.05) is 0 Å². The maximum atomic E-state index is 8.88. The van der Waals surface area contributed by atoms with Crippen LogP contribution < -0.4 is 138 Å². The van der Waals surface area contributed by atoms with Gasteiger partial charge in [-0.15, -0.1) is 0 Å². The van der Waals surface area contributed by atoms with Crippen LogP contribution in [0.25, 0.3) is 0 Å². The molecule has 0 unspecified atom stereocenters. The molecule has 0 aliphatic heterocycles. The first-order valence-corrected chi connectivity index (χ1v) is 7.45. The van der Waals surface area contributed by atoms with Gasteiger partial charge in [-0.3, -0.25) is 16.4 Å². The summed E-state index contributed by atoms with van der Waals surface area (Å²) in [4.78, 5) is 21.6. The molecule has 0 atom stereocenters. The van der Waals surface area contributed by atoms with Crippen molar-refractivity contribution in [1.29, 1.82) is 0 Å². The molecule has 0 spiro atoms. The van der Waals surface area contributed by atoms with Crippen LogP contribution in [0.2, 0.25) is 0 Å². The van der Waals surface area contributed by atoms with Gasteiger partial charge in [-0.25, -0.2) is 4.57 Å². The summed E-state index contributed by atoms with van der Waals surface area (Å²) in [6.45, 7) is 0. The average Bonchev–Trinajstić information content (AvgIpc) is 2.03. The molecular formula is H13B4Na4O20PS. The Labute approximate surface area is 259 Å². The first-order chi connectivity index (χ1) is 10.9. The van der Waals surface area contributed by atoms with E-state index in [1.54, 1.807) is 0 Å². The molecule has 0 heterocycles. The largest absolute Gasteiger partial charge is 1.00 e. The fraction of sp³-hybridized carbons (Fsp3) is 0. The Morgan fingerprint density at radius 2 is 0.600 bits per heavy atom. The number of hydrogen-bond donors (Lipinski definition) is 13. The second-order valence-corrected chi connectivity index (χ2v) is 4.19. The molecule has 0 bridgehead atoms. The van der Waals surface area contributed by atoms with Crippen LogP contribution >= 0.6 is 7.82 Å². The molecule has 0 rings (SSSR count). The molecule has 160 valence electrons. The smallest absolute Gasteiger partial charge is 0.907 e. The molecule has 0 fully saturated rings. The van der Waals surface area contributed by atoms with Gasteiger partial charge >= 0.3 is 158 Å². The number of phosphoric acid groups is 1. The van der Waals surface area contributed by atoms with Gasteiger partial charge in [0, 0.05) is 0 Å². The molecule has 0 aromatic rings. The molecule has 0 aromatic heterocycles. The molecule has 30 heavy (non-hydrogen) atoms. The van der Waals surface area contributed by atoms with Crippen LogP contribution in [-0.4, -0.2) is 102 Å². The van der Waals surface area contributed by atoms with Crippen molar-refractivity contribution in [2.24, 2.45) is 0 Å². The molecule has 0 amide bonds. The average molecular weight is 531 g/mol. The maximum Gasteiger partial charge on any atom is 1.00 e. The van der Waals surface area contributed by atoms with Crippen molar-refractivity contribution in [2.75, 3.05) is 0 Å². The van der Waals surface area contributed by atoms with Crippen molar-refractivity contribution in [2.45, 2.75) is 0 Å². The Kier molecular flexibility index (Phi) is 91.7. The summed E-state index contributed by atoms with van der Waals surface area (Å²) in [5, 5.41) is 91.0. The molecule has 0 saturated carbocycles. The monoisotopic (exact) mass is 532 g/mol. The first kappa shape index (κ1) is 64.2. The van der Waals surface area contributed by atoms with Crippen molar-refractivity contribution < 1.29 is 215 Å². The van der Waals surface area contributed by atoms with Crippen LogP contribution in [0.1, 0.15) is 0 Å². The van der Waals surface area contributed by atoms with Crippen LogP contribution in [0.3, 0.4) is 0 Å². The van der Waals surface area contributed by atoms with Crippen molar-refractivity contribution in [3.8, 4) is 0 Å². The van der Waals surface area contributed by atoms with Crippen molar-refractivity contribution in [1.82, 2.24) is 0 Å². The zero-order chi connectivity index (χ0) is 23.3. The number of rotatable bonds is 0. The summed E-state index contributed by atoms with van der Waals surface area (Å²) in [5.41, 5.74) is 0. The van der Waals surface area contributed by atoms with E-state index in [0.29, 0.717) is 0 Å². The third-order valence-electron chi connectivity index (χ3n) is 0. The van der Waals surface area contributed by atoms with E-state index < -0.39 is 47.5 Å². The Balaban J connectivity index is -0.0000000195. The molecule has 13 N–H and O–H groups in total. The Hall–Kier alpha value is 3.76. The molecular weight excluding hydrogens is 518 g/mol. The van der Waals surface area contributed by atoms with Gasteiger partial charge in [-0.05, 0) is 0 Å². The Morgan fingerprint density at radius 3 is 0.600 bits per heavy atom. The van der Waals surface area contributed by atoms with Gasteiger partial charge in [0.05, 0.1) is 0 Å². The SMILES string of the molecule is O=P(O)(O)O.O=S(=O)(O)O.OB(O)O.OB(O)O.[Na+].[Na+].[Na+].[Na+].[O-]B(O)O.[O-]B([O-])[O-]. The molecule has 0 radical (unpaired) electrons. The van der Waals surface area contributed by atoms with E-state index in [9.17, 15) is 0 Å². The summed E-state index contributed by atoms with van der Waals surface area (Å²) in [6, 6.07) is 0. The van der Waals surface area contributed by atoms with E-state index in [-0.39, 0.29) is 118 Å². The first-order valence-electron chi connectivity index (χ1n) is 4.49. The second-order valence-electron chi connectivity index (χ2n) is 2.27. The fourth-order valence-electron chi connectivity index (χ4n) is 0. The third kappa shape index (κ3) is 2130. The quantitative estimate of drug-likeness (QED) is 0.0783. The Bertz CT molecular complexity index is 333. The van der Waals surface area contributed by atoms with Crippen LogP contribution in [0.15, 0.2) is 0 Å². The molecule has 30 heteroatoms. The van der Waals surface area contributed by atoms with Crippen molar-refractivity contribution in [3.63, 3.8) is 0 Å². The summed E-state index contributed by atoms with van der Waals surface area (Å²) < 4.78 is 40.5. The zero-order valence-electron chi connectivity index (χ0n) is 15.8. The fourth-order valence-corrected chi connectivity index (χ4v) is 0. The molecule has 0 saturated heterocycles. The maximum absolute atomic E-state index is 8.88. The molecule has 0 aliphatic rings. The summed E-state index contributed by atoms with van der Waals surface area (Å²) in [5.74, 6) is 0. The number of hydrogen-bond acceptors (Lipinski definition) is 15. The van der Waals surface area contributed by atoms with E-state index in [1.165, 1.54) is 0 Å². The summed E-state index contributed by atoms with van der Waals surface area (Å²) >= 11 is 0. The third-order valence-corrected chi connectivity index (χ3v) is 0. The standard InChI is InChI=1S/2BH3O3.BH2O3.BO3.4Na.H3O4P.H2O4S/c4*2-1(3)4;;;;;2*1-5(2,3)4/h2*2-4H;2-3H;;;;;;(H3,1,2,3,4);(H2,1,2,3,4)/q;;-1;-3;4*+1;;. The van der Waals surface area contributed by atoms with Crippen molar-refractivity contribution in [3.05, 3.63) is 0 Å². The Morgan fingerprint density at radius 1 is 0.600 bits per heavy atom. The van der Waals surface area contributed by atoms with Crippen LogP contribution in [-0.2, 0) is 15.0 Å². The second kappa shape index (κ2) is 42.9. The van der Waals surface area contributed by atoms with E-state index in [2.05, 4.69) is 0 Å². The summed E-state index contributed by atoms with van der Waals surface area (Å²) in [7, 11) is -19.0. The van der Waals surface area contributed by atoms with Gasteiger partial charge < -0.3 is 75.0 Å². The van der Waals surface area contributed by atoms with E-state index in [4.69, 9.17) is 97.1 Å². The minimum Gasteiger partial charge on any atom is -0.907 e. The normalized spacial score (nSPS) is 7.50. The van der Waals surface area contributed by atoms with Crippen LogP contribution in [0.4, 0.5) is 0 Å². The van der Waals surface area contributed by atoms with Gasteiger partial charge in [-0.2, -0.15) is 8.42 Å². The molecule has 0 aromatic carbocycles. The predicted octanol–water partition coefficient (Wildman–Crippen LogP) is -24.3.